The molecule has 0 heterocycles. The molecule has 108 valence electrons. The van der Waals surface area contributed by atoms with E-state index >= 15 is 0 Å². The maximum atomic E-state index is 13.7. The number of nitrogens with zero attached hydrogens (tertiary/aromatic N) is 1. The normalized spacial score (nSPS) is 11.0. The van der Waals surface area contributed by atoms with Crippen molar-refractivity contribution < 1.29 is 9.13 Å². The predicted octanol–water partition coefficient (Wildman–Crippen LogP) is 4.57. The van der Waals surface area contributed by atoms with Gasteiger partial charge < -0.3 is 4.74 Å². The summed E-state index contributed by atoms with van der Waals surface area (Å²) in [7, 11) is 0. The van der Waals surface area contributed by atoms with Gasteiger partial charge in [0.05, 0.1) is 11.6 Å². The molecular formula is C18H18FNO. The first-order chi connectivity index (χ1) is 9.90. The molecule has 0 radical (unpaired) electrons. The van der Waals surface area contributed by atoms with E-state index < -0.39 is 0 Å². The maximum Gasteiger partial charge on any atom is 0.129 e. The van der Waals surface area contributed by atoms with Gasteiger partial charge in [-0.25, -0.2) is 4.39 Å². The minimum atomic E-state index is -0.360. The zero-order valence-electron chi connectivity index (χ0n) is 12.5. The molecule has 0 aliphatic rings. The Balaban J connectivity index is 2.16. The molecule has 2 aromatic carbocycles. The fourth-order valence-corrected chi connectivity index (χ4v) is 1.97. The molecule has 0 N–H and O–H groups in total. The van der Waals surface area contributed by atoms with Gasteiger partial charge in [-0.15, -0.1) is 0 Å². The SMILES string of the molecule is CC(C)(C)c1cccc(OCc2cc(C#N)ccc2F)c1. The molecule has 0 atom stereocenters. The largest absolute Gasteiger partial charge is 0.489 e. The smallest absolute Gasteiger partial charge is 0.129 e. The van der Waals surface area contributed by atoms with Crippen LogP contribution >= 0.6 is 0 Å². The summed E-state index contributed by atoms with van der Waals surface area (Å²) in [6, 6.07) is 14.1. The summed E-state index contributed by atoms with van der Waals surface area (Å²) in [5.74, 6) is 0.338. The van der Waals surface area contributed by atoms with Gasteiger partial charge >= 0.3 is 0 Å². The van der Waals surface area contributed by atoms with Gasteiger partial charge in [0.15, 0.2) is 0 Å². The van der Waals surface area contributed by atoms with E-state index in [4.69, 9.17) is 10.00 Å². The van der Waals surface area contributed by atoms with E-state index in [0.717, 1.165) is 5.56 Å². The van der Waals surface area contributed by atoms with E-state index in [2.05, 4.69) is 20.8 Å². The third-order valence-corrected chi connectivity index (χ3v) is 3.27. The molecule has 0 aliphatic carbocycles. The Morgan fingerprint density at radius 3 is 2.57 bits per heavy atom. The maximum absolute atomic E-state index is 13.7. The van der Waals surface area contributed by atoms with Crippen molar-refractivity contribution in [1.29, 1.82) is 5.26 Å². The first-order valence-electron chi connectivity index (χ1n) is 6.82. The van der Waals surface area contributed by atoms with Gasteiger partial charge in [-0.3, -0.25) is 0 Å². The van der Waals surface area contributed by atoms with Gasteiger partial charge in [0, 0.05) is 5.56 Å². The van der Waals surface area contributed by atoms with Gasteiger partial charge in [-0.2, -0.15) is 5.26 Å². The van der Waals surface area contributed by atoms with Crippen molar-refractivity contribution in [2.45, 2.75) is 32.8 Å². The lowest BCUT2D eigenvalue weighted by Gasteiger charge is -2.19. The summed E-state index contributed by atoms with van der Waals surface area (Å²) in [5, 5.41) is 8.85. The van der Waals surface area contributed by atoms with Gasteiger partial charge in [-0.05, 0) is 41.3 Å². The van der Waals surface area contributed by atoms with Crippen molar-refractivity contribution in [3.63, 3.8) is 0 Å². The monoisotopic (exact) mass is 283 g/mol. The number of ether oxygens (including phenoxy) is 1. The average Bonchev–Trinajstić information content (AvgIpc) is 2.46. The van der Waals surface area contributed by atoms with Crippen molar-refractivity contribution in [2.24, 2.45) is 0 Å². The fourth-order valence-electron chi connectivity index (χ4n) is 1.97. The van der Waals surface area contributed by atoms with Crippen LogP contribution < -0.4 is 4.74 Å². The third kappa shape index (κ3) is 3.82. The number of nitriles is 1. The highest BCUT2D eigenvalue weighted by atomic mass is 19.1. The first-order valence-corrected chi connectivity index (χ1v) is 6.82. The van der Waals surface area contributed by atoms with Crippen molar-refractivity contribution in [2.75, 3.05) is 0 Å². The van der Waals surface area contributed by atoms with Crippen LogP contribution in [0.3, 0.4) is 0 Å². The van der Waals surface area contributed by atoms with Gasteiger partial charge in [0.2, 0.25) is 0 Å². The molecule has 0 aliphatic heterocycles. The van der Waals surface area contributed by atoms with E-state index in [1.54, 1.807) is 0 Å². The molecule has 0 aromatic heterocycles. The standard InChI is InChI=1S/C18H18FNO/c1-18(2,3)15-5-4-6-16(10-15)21-12-14-9-13(11-20)7-8-17(14)19/h4-10H,12H2,1-3H3. The summed E-state index contributed by atoms with van der Waals surface area (Å²) in [4.78, 5) is 0. The van der Waals surface area contributed by atoms with E-state index in [9.17, 15) is 4.39 Å². The van der Waals surface area contributed by atoms with Crippen LogP contribution in [0.25, 0.3) is 0 Å². The Bertz CT molecular complexity index is 680. The summed E-state index contributed by atoms with van der Waals surface area (Å²) in [6.07, 6.45) is 0. The van der Waals surface area contributed by atoms with Gasteiger partial charge in [0.1, 0.15) is 18.2 Å². The Labute approximate surface area is 124 Å². The average molecular weight is 283 g/mol. The summed E-state index contributed by atoms with van der Waals surface area (Å²) >= 11 is 0. The van der Waals surface area contributed by atoms with Gasteiger partial charge in [0.25, 0.3) is 0 Å². The van der Waals surface area contributed by atoms with E-state index in [0.29, 0.717) is 16.9 Å². The highest BCUT2D eigenvalue weighted by Gasteiger charge is 2.14. The second-order valence-corrected chi connectivity index (χ2v) is 5.98. The second-order valence-electron chi connectivity index (χ2n) is 5.98. The quantitative estimate of drug-likeness (QED) is 0.826. The number of rotatable bonds is 3. The van der Waals surface area contributed by atoms with E-state index in [1.807, 2.05) is 30.3 Å². The fraction of sp³-hybridized carbons (Fsp3) is 0.278. The molecule has 0 fully saturated rings. The zero-order chi connectivity index (χ0) is 15.5. The molecule has 0 saturated carbocycles. The van der Waals surface area contributed by atoms with Crippen LogP contribution in [0.4, 0.5) is 4.39 Å². The third-order valence-electron chi connectivity index (χ3n) is 3.27. The predicted molar refractivity (Wildman–Crippen MR) is 80.6 cm³/mol. The molecule has 0 bridgehead atoms. The van der Waals surface area contributed by atoms with Crippen LogP contribution in [0.5, 0.6) is 5.75 Å². The molecule has 21 heavy (non-hydrogen) atoms. The Hall–Kier alpha value is -2.34. The van der Waals surface area contributed by atoms with Crippen molar-refractivity contribution in [1.82, 2.24) is 0 Å². The van der Waals surface area contributed by atoms with Crippen LogP contribution in [0, 0.1) is 17.1 Å². The molecule has 0 unspecified atom stereocenters. The second kappa shape index (κ2) is 5.97. The number of hydrogen-bond acceptors (Lipinski definition) is 2. The van der Waals surface area contributed by atoms with Crippen molar-refractivity contribution in [3.05, 3.63) is 65.0 Å². The number of benzene rings is 2. The topological polar surface area (TPSA) is 33.0 Å². The first kappa shape index (κ1) is 15.1. The van der Waals surface area contributed by atoms with Gasteiger partial charge in [-0.1, -0.05) is 32.9 Å². The highest BCUT2D eigenvalue weighted by molar-refractivity contribution is 5.35. The lowest BCUT2D eigenvalue weighted by atomic mass is 9.87. The van der Waals surface area contributed by atoms with Crippen LogP contribution in [0.1, 0.15) is 37.5 Å². The molecule has 0 amide bonds. The van der Waals surface area contributed by atoms with Crippen LogP contribution in [0.2, 0.25) is 0 Å². The lowest BCUT2D eigenvalue weighted by molar-refractivity contribution is 0.299. The molecule has 3 heteroatoms. The van der Waals surface area contributed by atoms with Crippen LogP contribution in [-0.2, 0) is 12.0 Å². The van der Waals surface area contributed by atoms with Crippen molar-refractivity contribution in [3.8, 4) is 11.8 Å². The minimum absolute atomic E-state index is 0.0331. The van der Waals surface area contributed by atoms with Crippen LogP contribution in [-0.4, -0.2) is 0 Å². The van der Waals surface area contributed by atoms with E-state index in [-0.39, 0.29) is 17.8 Å². The zero-order valence-corrected chi connectivity index (χ0v) is 12.5. The highest BCUT2D eigenvalue weighted by Crippen LogP contribution is 2.26. The summed E-state index contributed by atoms with van der Waals surface area (Å²) < 4.78 is 19.3. The minimum Gasteiger partial charge on any atom is -0.489 e. The van der Waals surface area contributed by atoms with Crippen molar-refractivity contribution >= 4 is 0 Å². The Morgan fingerprint density at radius 1 is 1.14 bits per heavy atom. The number of hydrogen-bond donors (Lipinski definition) is 0. The van der Waals surface area contributed by atoms with E-state index in [1.165, 1.54) is 18.2 Å². The molecule has 0 saturated heterocycles. The number of halogens is 1. The summed E-state index contributed by atoms with van der Waals surface area (Å²) in [6.45, 7) is 6.49. The molecule has 2 nitrogen and oxygen atoms in total. The van der Waals surface area contributed by atoms with Crippen LogP contribution in [0.15, 0.2) is 42.5 Å². The summed E-state index contributed by atoms with van der Waals surface area (Å²) in [5.41, 5.74) is 2.01. The molecule has 2 rings (SSSR count). The molecule has 2 aromatic rings. The lowest BCUT2D eigenvalue weighted by Crippen LogP contribution is -2.11. The Morgan fingerprint density at radius 2 is 1.90 bits per heavy atom. The molecular weight excluding hydrogens is 265 g/mol. The molecule has 0 spiro atoms. The Kier molecular flexibility index (Phi) is 4.28.